The van der Waals surface area contributed by atoms with Crippen LogP contribution in [0.2, 0.25) is 0 Å². The van der Waals surface area contributed by atoms with Gasteiger partial charge in [0.15, 0.2) is 0 Å². The molecule has 3 amide bonds. The third-order valence-corrected chi connectivity index (χ3v) is 4.49. The van der Waals surface area contributed by atoms with Gasteiger partial charge in [0.1, 0.15) is 30.0 Å². The van der Waals surface area contributed by atoms with Crippen LogP contribution in [0.1, 0.15) is 47.1 Å². The van der Waals surface area contributed by atoms with Crippen molar-refractivity contribution in [1.29, 1.82) is 0 Å². The molecule has 0 saturated carbocycles. The molecule has 0 bridgehead atoms. The topological polar surface area (TPSA) is 160 Å². The van der Waals surface area contributed by atoms with E-state index >= 15 is 0 Å². The monoisotopic (exact) mass is 464 g/mol. The van der Waals surface area contributed by atoms with Gasteiger partial charge in [-0.25, -0.2) is 0 Å². The van der Waals surface area contributed by atoms with Gasteiger partial charge in [-0.15, -0.1) is 0 Å². The zero-order valence-corrected chi connectivity index (χ0v) is 20.1. The summed E-state index contributed by atoms with van der Waals surface area (Å²) in [7, 11) is 0. The van der Waals surface area contributed by atoms with E-state index in [0.717, 1.165) is 5.56 Å². The Bertz CT molecular complexity index is 830. The molecule has 0 spiro atoms. The Morgan fingerprint density at radius 1 is 0.970 bits per heavy atom. The number of hydrogen-bond donors (Lipinski definition) is 5. The van der Waals surface area contributed by atoms with Gasteiger partial charge in [-0.1, -0.05) is 26.0 Å². The van der Waals surface area contributed by atoms with Crippen LogP contribution in [0.15, 0.2) is 24.3 Å². The van der Waals surface area contributed by atoms with E-state index in [2.05, 4.69) is 16.0 Å². The summed E-state index contributed by atoms with van der Waals surface area (Å²) in [5.74, 6) is -2.56. The number of carbonyl (C=O) groups excluding carboxylic acids is 3. The number of nitrogens with one attached hydrogen (secondary N) is 3. The maximum absolute atomic E-state index is 13.0. The molecule has 0 aromatic heterocycles. The smallest absolute Gasteiger partial charge is 0.322 e. The molecule has 0 aliphatic rings. The highest BCUT2D eigenvalue weighted by atomic mass is 16.5. The molecule has 184 valence electrons. The predicted octanol–water partition coefficient (Wildman–Crippen LogP) is 0.580. The van der Waals surface area contributed by atoms with Crippen LogP contribution in [0.3, 0.4) is 0 Å². The van der Waals surface area contributed by atoms with Crippen molar-refractivity contribution in [3.8, 4) is 5.75 Å². The predicted molar refractivity (Wildman–Crippen MR) is 124 cm³/mol. The average molecular weight is 465 g/mol. The first-order valence-electron chi connectivity index (χ1n) is 10.8. The minimum Gasteiger partial charge on any atom is -0.488 e. The molecule has 1 aromatic carbocycles. The van der Waals surface area contributed by atoms with Gasteiger partial charge in [-0.2, -0.15) is 0 Å². The number of hydrogen-bond acceptors (Lipinski definition) is 6. The molecule has 3 atom stereocenters. The number of benzene rings is 1. The molecular formula is C23H36N4O6. The summed E-state index contributed by atoms with van der Waals surface area (Å²) in [5, 5.41) is 16.3. The fourth-order valence-corrected chi connectivity index (χ4v) is 2.86. The Morgan fingerprint density at radius 3 is 2.00 bits per heavy atom. The lowest BCUT2D eigenvalue weighted by atomic mass is 10.0. The Hall–Kier alpha value is -3.14. The van der Waals surface area contributed by atoms with Crippen LogP contribution in [0.4, 0.5) is 0 Å². The third kappa shape index (κ3) is 10.3. The number of ether oxygens (including phenoxy) is 1. The number of carboxylic acids is 1. The molecule has 0 heterocycles. The lowest BCUT2D eigenvalue weighted by molar-refractivity contribution is -0.139. The van der Waals surface area contributed by atoms with Gasteiger partial charge in [0.2, 0.25) is 17.7 Å². The lowest BCUT2D eigenvalue weighted by Gasteiger charge is -2.26. The van der Waals surface area contributed by atoms with E-state index < -0.39 is 48.4 Å². The maximum atomic E-state index is 13.0. The molecule has 10 heteroatoms. The second kappa shape index (κ2) is 12.2. The Balaban J connectivity index is 3.02. The van der Waals surface area contributed by atoms with Crippen molar-refractivity contribution in [2.24, 2.45) is 11.7 Å². The van der Waals surface area contributed by atoms with Crippen molar-refractivity contribution >= 4 is 23.7 Å². The van der Waals surface area contributed by atoms with Crippen LogP contribution in [-0.4, -0.2) is 59.1 Å². The van der Waals surface area contributed by atoms with Gasteiger partial charge in [0.25, 0.3) is 0 Å². The highest BCUT2D eigenvalue weighted by Crippen LogP contribution is 2.19. The van der Waals surface area contributed by atoms with E-state index in [1.807, 2.05) is 20.8 Å². The van der Waals surface area contributed by atoms with E-state index in [-0.39, 0.29) is 17.9 Å². The Morgan fingerprint density at radius 2 is 1.55 bits per heavy atom. The summed E-state index contributed by atoms with van der Waals surface area (Å²) in [5.41, 5.74) is 6.04. The van der Waals surface area contributed by atoms with Gasteiger partial charge < -0.3 is 31.5 Å². The van der Waals surface area contributed by atoms with E-state index in [1.165, 1.54) is 6.92 Å². The molecular weight excluding hydrogens is 428 g/mol. The second-order valence-corrected chi connectivity index (χ2v) is 9.25. The van der Waals surface area contributed by atoms with Gasteiger partial charge in [0, 0.05) is 6.42 Å². The minimum atomic E-state index is -1.20. The summed E-state index contributed by atoms with van der Waals surface area (Å²) < 4.78 is 5.80. The first kappa shape index (κ1) is 27.9. The molecule has 0 unspecified atom stereocenters. The van der Waals surface area contributed by atoms with Crippen molar-refractivity contribution < 1.29 is 29.0 Å². The molecule has 0 saturated heterocycles. The highest BCUT2D eigenvalue weighted by molar-refractivity contribution is 5.93. The van der Waals surface area contributed by atoms with Crippen molar-refractivity contribution in [1.82, 2.24) is 16.0 Å². The summed E-state index contributed by atoms with van der Waals surface area (Å²) in [6.45, 7) is 10.2. The molecule has 0 aliphatic carbocycles. The zero-order chi connectivity index (χ0) is 25.3. The van der Waals surface area contributed by atoms with E-state index in [0.29, 0.717) is 5.75 Å². The summed E-state index contributed by atoms with van der Waals surface area (Å²) >= 11 is 0. The minimum absolute atomic E-state index is 0.154. The molecule has 10 nitrogen and oxygen atoms in total. The fraction of sp³-hybridized carbons (Fsp3) is 0.565. The van der Waals surface area contributed by atoms with Gasteiger partial charge in [-0.05, 0) is 51.3 Å². The van der Waals surface area contributed by atoms with Crippen LogP contribution < -0.4 is 26.4 Å². The molecule has 1 rings (SSSR count). The summed E-state index contributed by atoms with van der Waals surface area (Å²) in [4.78, 5) is 48.4. The summed E-state index contributed by atoms with van der Waals surface area (Å²) in [6.07, 6.45) is 0.154. The molecule has 33 heavy (non-hydrogen) atoms. The molecule has 6 N–H and O–H groups in total. The zero-order valence-electron chi connectivity index (χ0n) is 20.1. The maximum Gasteiger partial charge on any atom is 0.322 e. The fourth-order valence-electron chi connectivity index (χ4n) is 2.86. The van der Waals surface area contributed by atoms with Gasteiger partial charge in [-0.3, -0.25) is 19.2 Å². The number of carbonyl (C=O) groups is 4. The molecule has 0 fully saturated rings. The number of amides is 3. The van der Waals surface area contributed by atoms with E-state index in [4.69, 9.17) is 15.6 Å². The van der Waals surface area contributed by atoms with Crippen molar-refractivity contribution in [2.45, 2.75) is 71.7 Å². The first-order valence-corrected chi connectivity index (χ1v) is 10.8. The quantitative estimate of drug-likeness (QED) is 0.320. The van der Waals surface area contributed by atoms with E-state index in [1.54, 1.807) is 38.1 Å². The van der Waals surface area contributed by atoms with Crippen molar-refractivity contribution in [3.63, 3.8) is 0 Å². The number of nitrogens with two attached hydrogens (primary N) is 1. The standard InChI is InChI=1S/C23H36N4O6/c1-13(2)19(22(32)25-12-18(28)29)27-21(31)17(26-20(30)14(3)24)11-15-7-9-16(10-8-15)33-23(4,5)6/h7-10,13-14,17,19H,11-12,24H2,1-6H3,(H,25,32)(H,26,30)(H,27,31)(H,28,29)/t14-,17-,19-/m0/s1. The average Bonchev–Trinajstić information content (AvgIpc) is 2.69. The van der Waals surface area contributed by atoms with E-state index in [9.17, 15) is 19.2 Å². The number of aliphatic carboxylic acids is 1. The van der Waals surface area contributed by atoms with Crippen LogP contribution in [-0.2, 0) is 25.6 Å². The number of rotatable bonds is 11. The van der Waals surface area contributed by atoms with Crippen molar-refractivity contribution in [3.05, 3.63) is 29.8 Å². The van der Waals surface area contributed by atoms with Gasteiger partial charge >= 0.3 is 5.97 Å². The van der Waals surface area contributed by atoms with Crippen molar-refractivity contribution in [2.75, 3.05) is 6.54 Å². The highest BCUT2D eigenvalue weighted by Gasteiger charge is 2.29. The normalized spacial score (nSPS) is 14.1. The second-order valence-electron chi connectivity index (χ2n) is 9.25. The third-order valence-electron chi connectivity index (χ3n) is 4.49. The Kier molecular flexibility index (Phi) is 10.3. The van der Waals surface area contributed by atoms with Crippen LogP contribution in [0.5, 0.6) is 5.75 Å². The molecule has 0 aliphatic heterocycles. The molecule has 0 radical (unpaired) electrons. The van der Waals surface area contributed by atoms with Crippen LogP contribution in [0, 0.1) is 5.92 Å². The lowest BCUT2D eigenvalue weighted by Crippen LogP contribution is -2.57. The SMILES string of the molecule is CC(C)[C@H](NC(=O)[C@H](Cc1ccc(OC(C)(C)C)cc1)NC(=O)[C@H](C)N)C(=O)NCC(=O)O. The first-order chi connectivity index (χ1) is 15.2. The molecule has 1 aromatic rings. The largest absolute Gasteiger partial charge is 0.488 e. The van der Waals surface area contributed by atoms with Crippen LogP contribution >= 0.6 is 0 Å². The van der Waals surface area contributed by atoms with Gasteiger partial charge in [0.05, 0.1) is 6.04 Å². The van der Waals surface area contributed by atoms with Crippen LogP contribution in [0.25, 0.3) is 0 Å². The Labute approximate surface area is 194 Å². The number of carboxylic acid groups (broad SMARTS) is 1. The summed E-state index contributed by atoms with van der Waals surface area (Å²) in [6, 6.07) is 4.33.